The molecule has 0 aromatic heterocycles. The minimum Gasteiger partial charge on any atom is -0.427 e. The molecule has 0 amide bonds. The van der Waals surface area contributed by atoms with Gasteiger partial charge in [-0.2, -0.15) is 0 Å². The summed E-state index contributed by atoms with van der Waals surface area (Å²) in [5.41, 5.74) is 0.646. The minimum atomic E-state index is -0.486. The van der Waals surface area contributed by atoms with Crippen LogP contribution < -0.4 is 0 Å². The Bertz CT molecular complexity index is 410. The second kappa shape index (κ2) is 9.50. The molecule has 0 aromatic rings. The van der Waals surface area contributed by atoms with Gasteiger partial charge < -0.3 is 9.47 Å². The van der Waals surface area contributed by atoms with Gasteiger partial charge in [-0.1, -0.05) is 47.9 Å². The number of hydrogen-bond donors (Lipinski definition) is 0. The first-order valence-electron chi connectivity index (χ1n) is 5.59. The van der Waals surface area contributed by atoms with Crippen molar-refractivity contribution in [3.63, 3.8) is 0 Å². The number of rotatable bonds is 9. The minimum absolute atomic E-state index is 0.323. The zero-order chi connectivity index (χ0) is 15.7. The number of hydrogen-bond acceptors (Lipinski definition) is 6. The first-order valence-corrected chi connectivity index (χ1v) is 8.08. The van der Waals surface area contributed by atoms with E-state index in [-0.39, 0.29) is 0 Å². The molecule has 0 spiro atoms. The second-order valence-corrected chi connectivity index (χ2v) is 6.40. The molecule has 0 saturated heterocycles. The van der Waals surface area contributed by atoms with Gasteiger partial charge in [0.1, 0.15) is 11.5 Å². The zero-order valence-electron chi connectivity index (χ0n) is 11.7. The van der Waals surface area contributed by atoms with Gasteiger partial charge in [-0.05, 0) is 13.8 Å². The van der Waals surface area contributed by atoms with Crippen LogP contribution in [0.5, 0.6) is 0 Å². The van der Waals surface area contributed by atoms with E-state index < -0.39 is 11.9 Å². The fraction of sp³-hybridized carbons (Fsp3) is 0.286. The van der Waals surface area contributed by atoms with E-state index in [1.165, 1.54) is 21.6 Å². The Morgan fingerprint density at radius 1 is 0.800 bits per heavy atom. The maximum atomic E-state index is 11.2. The molecule has 0 saturated carbocycles. The van der Waals surface area contributed by atoms with Gasteiger partial charge in [-0.25, -0.2) is 9.59 Å². The van der Waals surface area contributed by atoms with Crippen molar-refractivity contribution < 1.29 is 19.1 Å². The van der Waals surface area contributed by atoms with E-state index in [9.17, 15) is 9.59 Å². The predicted molar refractivity (Wildman–Crippen MR) is 85.0 cm³/mol. The van der Waals surface area contributed by atoms with Crippen LogP contribution in [0, 0.1) is 0 Å². The molecule has 0 aliphatic carbocycles. The van der Waals surface area contributed by atoms with Crippen molar-refractivity contribution in [1.29, 1.82) is 0 Å². The highest BCUT2D eigenvalue weighted by Crippen LogP contribution is 2.26. The van der Waals surface area contributed by atoms with E-state index >= 15 is 0 Å². The molecule has 0 aliphatic heterocycles. The lowest BCUT2D eigenvalue weighted by atomic mass is 10.4. The summed E-state index contributed by atoms with van der Waals surface area (Å²) >= 11 is 0. The van der Waals surface area contributed by atoms with Crippen molar-refractivity contribution in [2.24, 2.45) is 0 Å². The van der Waals surface area contributed by atoms with Crippen LogP contribution in [0.1, 0.15) is 13.8 Å². The second-order valence-electron chi connectivity index (χ2n) is 3.94. The van der Waals surface area contributed by atoms with Gasteiger partial charge in [0, 0.05) is 11.1 Å². The third-order valence-electron chi connectivity index (χ3n) is 1.69. The summed E-state index contributed by atoms with van der Waals surface area (Å²) in [6.45, 7) is 17.3. The van der Waals surface area contributed by atoms with Crippen LogP contribution in [-0.4, -0.2) is 23.4 Å². The van der Waals surface area contributed by atoms with Crippen LogP contribution in [0.4, 0.5) is 0 Å². The molecule has 0 aromatic carbocycles. The van der Waals surface area contributed by atoms with Gasteiger partial charge >= 0.3 is 11.9 Å². The lowest BCUT2D eigenvalue weighted by molar-refractivity contribution is -0.135. The van der Waals surface area contributed by atoms with Gasteiger partial charge in [0.25, 0.3) is 0 Å². The first-order chi connectivity index (χ1) is 9.23. The van der Waals surface area contributed by atoms with Crippen LogP contribution in [0.25, 0.3) is 0 Å². The van der Waals surface area contributed by atoms with Crippen molar-refractivity contribution in [3.05, 3.63) is 49.0 Å². The number of ether oxygens (including phenoxy) is 2. The van der Waals surface area contributed by atoms with Crippen LogP contribution in [0.3, 0.4) is 0 Å². The quantitative estimate of drug-likeness (QED) is 0.213. The molecule has 110 valence electrons. The fourth-order valence-corrected chi connectivity index (χ4v) is 2.55. The van der Waals surface area contributed by atoms with Crippen molar-refractivity contribution in [2.45, 2.75) is 13.8 Å². The highest BCUT2D eigenvalue weighted by molar-refractivity contribution is 8.76. The fourth-order valence-electron chi connectivity index (χ4n) is 0.710. The summed E-state index contributed by atoms with van der Waals surface area (Å²) < 4.78 is 9.86. The van der Waals surface area contributed by atoms with Gasteiger partial charge in [0.15, 0.2) is 0 Å². The van der Waals surface area contributed by atoms with E-state index in [0.717, 1.165) is 0 Å². The summed E-state index contributed by atoms with van der Waals surface area (Å²) in [5, 5.41) is 0. The number of carbonyl (C=O) groups excluding carboxylic acids is 2. The lowest BCUT2D eigenvalue weighted by Crippen LogP contribution is -2.06. The van der Waals surface area contributed by atoms with Gasteiger partial charge in [0.2, 0.25) is 0 Å². The Morgan fingerprint density at radius 3 is 1.35 bits per heavy atom. The summed E-state index contributed by atoms with van der Waals surface area (Å²) in [4.78, 5) is 22.4. The highest BCUT2D eigenvalue weighted by atomic mass is 33.1. The zero-order valence-corrected chi connectivity index (χ0v) is 13.3. The third-order valence-corrected chi connectivity index (χ3v) is 3.95. The first kappa shape index (κ1) is 18.6. The number of esters is 2. The van der Waals surface area contributed by atoms with Crippen LogP contribution in [0.2, 0.25) is 0 Å². The Balaban J connectivity index is 3.81. The molecule has 0 fully saturated rings. The average molecular weight is 314 g/mol. The predicted octanol–water partition coefficient (Wildman–Crippen LogP) is 3.63. The van der Waals surface area contributed by atoms with E-state index in [0.29, 0.717) is 34.2 Å². The standard InChI is InChI=1S/C14H18O4S2/c1-9(2)13(15)17-11(5)7-19-20-8-12(6)18-14(16)10(3)4/h1,3,5-8H2,2,4H3. The SMILES string of the molecule is C=C(CSSCC(=C)OC(=O)C(=C)C)OC(=O)C(=C)C. The molecule has 0 atom stereocenters. The molecular weight excluding hydrogens is 296 g/mol. The molecule has 0 unspecified atom stereocenters. The lowest BCUT2D eigenvalue weighted by Gasteiger charge is -2.08. The molecule has 0 radical (unpaired) electrons. The van der Waals surface area contributed by atoms with E-state index in [1.807, 2.05) is 0 Å². The molecule has 4 nitrogen and oxygen atoms in total. The molecule has 20 heavy (non-hydrogen) atoms. The van der Waals surface area contributed by atoms with Gasteiger partial charge in [-0.3, -0.25) is 0 Å². The Labute approximate surface area is 127 Å². The van der Waals surface area contributed by atoms with Crippen molar-refractivity contribution >= 4 is 33.5 Å². The van der Waals surface area contributed by atoms with E-state index in [2.05, 4.69) is 26.3 Å². The smallest absolute Gasteiger partial charge is 0.338 e. The monoisotopic (exact) mass is 314 g/mol. The van der Waals surface area contributed by atoms with E-state index in [4.69, 9.17) is 9.47 Å². The van der Waals surface area contributed by atoms with Crippen LogP contribution in [0.15, 0.2) is 49.0 Å². The third kappa shape index (κ3) is 8.66. The molecule has 0 bridgehead atoms. The summed E-state index contributed by atoms with van der Waals surface area (Å²) in [5.74, 6) is 0.595. The Hall–Kier alpha value is -1.40. The Kier molecular flexibility index (Phi) is 8.83. The Morgan fingerprint density at radius 2 is 1.10 bits per heavy atom. The summed E-state index contributed by atoms with van der Waals surface area (Å²) in [6, 6.07) is 0. The molecule has 0 rings (SSSR count). The maximum absolute atomic E-state index is 11.2. The highest BCUT2D eigenvalue weighted by Gasteiger charge is 2.08. The van der Waals surface area contributed by atoms with Crippen molar-refractivity contribution in [1.82, 2.24) is 0 Å². The largest absolute Gasteiger partial charge is 0.427 e. The maximum Gasteiger partial charge on any atom is 0.338 e. The van der Waals surface area contributed by atoms with Crippen molar-refractivity contribution in [3.8, 4) is 0 Å². The molecule has 0 N–H and O–H groups in total. The molecule has 6 heteroatoms. The van der Waals surface area contributed by atoms with Crippen LogP contribution in [-0.2, 0) is 19.1 Å². The average Bonchev–Trinajstić information content (AvgIpc) is 2.34. The number of carbonyl (C=O) groups is 2. The normalized spacial score (nSPS) is 9.50. The topological polar surface area (TPSA) is 52.6 Å². The van der Waals surface area contributed by atoms with Gasteiger partial charge in [0.05, 0.1) is 11.5 Å². The summed E-state index contributed by atoms with van der Waals surface area (Å²) in [7, 11) is 2.83. The molecule has 0 aliphatic rings. The summed E-state index contributed by atoms with van der Waals surface area (Å²) in [6.07, 6.45) is 0. The van der Waals surface area contributed by atoms with Gasteiger partial charge in [-0.15, -0.1) is 0 Å². The van der Waals surface area contributed by atoms with E-state index in [1.54, 1.807) is 13.8 Å². The molecule has 0 heterocycles. The molecular formula is C14H18O4S2. The van der Waals surface area contributed by atoms with Crippen molar-refractivity contribution in [2.75, 3.05) is 11.5 Å². The van der Waals surface area contributed by atoms with Crippen LogP contribution >= 0.6 is 21.6 Å².